The van der Waals surface area contributed by atoms with Crippen molar-refractivity contribution in [3.63, 3.8) is 0 Å². The Balaban J connectivity index is 1.49. The van der Waals surface area contributed by atoms with Gasteiger partial charge in [0, 0.05) is 30.0 Å². The van der Waals surface area contributed by atoms with E-state index in [0.29, 0.717) is 17.0 Å². The maximum atomic E-state index is 13.3. The molecule has 32 heavy (non-hydrogen) atoms. The SMILES string of the molecule is O=C(CCc1ccc(Cl)cc1)[C@@H]1C[C@@H](O)CN1C(=O)c1cccc(-c2ccc(O)cc2)c1. The second-order valence-corrected chi connectivity index (χ2v) is 8.52. The highest BCUT2D eigenvalue weighted by molar-refractivity contribution is 6.30. The van der Waals surface area contributed by atoms with E-state index in [0.717, 1.165) is 16.7 Å². The molecular weight excluding hydrogens is 426 g/mol. The molecule has 6 heteroatoms. The Morgan fingerprint density at radius 2 is 1.69 bits per heavy atom. The van der Waals surface area contributed by atoms with Crippen molar-refractivity contribution >= 4 is 23.3 Å². The highest BCUT2D eigenvalue weighted by atomic mass is 35.5. The highest BCUT2D eigenvalue weighted by Gasteiger charge is 2.38. The molecule has 0 spiro atoms. The van der Waals surface area contributed by atoms with Crippen LogP contribution in [0.25, 0.3) is 11.1 Å². The first-order valence-corrected chi connectivity index (χ1v) is 10.9. The summed E-state index contributed by atoms with van der Waals surface area (Å²) in [6.45, 7) is 0.139. The van der Waals surface area contributed by atoms with Crippen LogP contribution in [0.1, 0.15) is 28.8 Å². The summed E-state index contributed by atoms with van der Waals surface area (Å²) in [5, 5.41) is 20.4. The van der Waals surface area contributed by atoms with Crippen molar-refractivity contribution in [3.8, 4) is 16.9 Å². The number of aromatic hydroxyl groups is 1. The third-order valence-electron chi connectivity index (χ3n) is 5.80. The summed E-state index contributed by atoms with van der Waals surface area (Å²) in [6.07, 6.45) is 0.379. The molecule has 0 aliphatic carbocycles. The molecule has 0 aromatic heterocycles. The van der Waals surface area contributed by atoms with Gasteiger partial charge in [0.15, 0.2) is 5.78 Å². The van der Waals surface area contributed by atoms with Crippen LogP contribution in [0.3, 0.4) is 0 Å². The Kier molecular flexibility index (Phi) is 6.58. The monoisotopic (exact) mass is 449 g/mol. The number of hydrogen-bond acceptors (Lipinski definition) is 4. The lowest BCUT2D eigenvalue weighted by molar-refractivity contribution is -0.122. The highest BCUT2D eigenvalue weighted by Crippen LogP contribution is 2.26. The number of nitrogens with zero attached hydrogens (tertiary/aromatic N) is 1. The van der Waals surface area contributed by atoms with E-state index in [2.05, 4.69) is 0 Å². The van der Waals surface area contributed by atoms with Gasteiger partial charge in [-0.3, -0.25) is 9.59 Å². The first-order valence-electron chi connectivity index (χ1n) is 10.6. The number of ketones is 1. The molecule has 1 amide bonds. The predicted octanol–water partition coefficient (Wildman–Crippen LogP) is 4.49. The van der Waals surface area contributed by atoms with E-state index < -0.39 is 12.1 Å². The number of Topliss-reactive ketones (excluding diaryl/α,β-unsaturated/α-hetero) is 1. The topological polar surface area (TPSA) is 77.8 Å². The molecule has 4 rings (SSSR count). The number of likely N-dealkylation sites (tertiary alicyclic amines) is 1. The summed E-state index contributed by atoms with van der Waals surface area (Å²) in [6, 6.07) is 20.6. The number of halogens is 1. The lowest BCUT2D eigenvalue weighted by atomic mass is 10.00. The van der Waals surface area contributed by atoms with Crippen LogP contribution in [0, 0.1) is 0 Å². The molecule has 1 aliphatic rings. The van der Waals surface area contributed by atoms with Crippen LogP contribution in [-0.4, -0.2) is 45.5 Å². The summed E-state index contributed by atoms with van der Waals surface area (Å²) >= 11 is 5.91. The Morgan fingerprint density at radius 3 is 2.41 bits per heavy atom. The van der Waals surface area contributed by atoms with E-state index >= 15 is 0 Å². The molecule has 2 atom stereocenters. The largest absolute Gasteiger partial charge is 0.508 e. The molecule has 1 saturated heterocycles. The number of β-amino-alcohol motifs (C(OH)–C–C–N with tert-alkyl or cyclic N) is 1. The summed E-state index contributed by atoms with van der Waals surface area (Å²) in [5.41, 5.74) is 3.16. The van der Waals surface area contributed by atoms with Crippen LogP contribution in [0.5, 0.6) is 5.75 Å². The van der Waals surface area contributed by atoms with Crippen LogP contribution in [0.2, 0.25) is 5.02 Å². The normalized spacial score (nSPS) is 18.0. The van der Waals surface area contributed by atoms with Gasteiger partial charge in [-0.2, -0.15) is 0 Å². The molecule has 0 radical (unpaired) electrons. The molecule has 0 unspecified atom stereocenters. The second-order valence-electron chi connectivity index (χ2n) is 8.08. The minimum atomic E-state index is -0.719. The number of amides is 1. The lowest BCUT2D eigenvalue weighted by Crippen LogP contribution is -2.40. The number of aryl methyl sites for hydroxylation is 1. The zero-order valence-electron chi connectivity index (χ0n) is 17.4. The Morgan fingerprint density at radius 1 is 0.969 bits per heavy atom. The Labute approximate surface area is 191 Å². The summed E-state index contributed by atoms with van der Waals surface area (Å²) in [5.74, 6) is -0.154. The van der Waals surface area contributed by atoms with Gasteiger partial charge < -0.3 is 15.1 Å². The Hall–Kier alpha value is -3.15. The minimum absolute atomic E-state index is 0.0560. The third-order valence-corrected chi connectivity index (χ3v) is 6.05. The third kappa shape index (κ3) is 5.01. The predicted molar refractivity (Wildman–Crippen MR) is 124 cm³/mol. The number of carbonyl (C=O) groups is 2. The van der Waals surface area contributed by atoms with E-state index in [1.165, 1.54) is 4.90 Å². The van der Waals surface area contributed by atoms with Gasteiger partial charge in [-0.1, -0.05) is 48.0 Å². The number of rotatable bonds is 6. The van der Waals surface area contributed by atoms with Crippen LogP contribution in [0.15, 0.2) is 72.8 Å². The zero-order valence-corrected chi connectivity index (χ0v) is 18.2. The van der Waals surface area contributed by atoms with Gasteiger partial charge in [0.2, 0.25) is 0 Å². The molecule has 0 saturated carbocycles. The maximum absolute atomic E-state index is 13.3. The van der Waals surface area contributed by atoms with Crippen LogP contribution in [-0.2, 0) is 11.2 Å². The lowest BCUT2D eigenvalue weighted by Gasteiger charge is -2.24. The number of hydrogen-bond donors (Lipinski definition) is 2. The van der Waals surface area contributed by atoms with E-state index in [1.807, 2.05) is 18.2 Å². The molecule has 0 bridgehead atoms. The summed E-state index contributed by atoms with van der Waals surface area (Å²) < 4.78 is 0. The number of aliphatic hydroxyl groups is 1. The van der Waals surface area contributed by atoms with Crippen molar-refractivity contribution in [1.29, 1.82) is 0 Å². The van der Waals surface area contributed by atoms with Crippen molar-refractivity contribution in [3.05, 3.63) is 88.9 Å². The maximum Gasteiger partial charge on any atom is 0.254 e. The van der Waals surface area contributed by atoms with Gasteiger partial charge >= 0.3 is 0 Å². The van der Waals surface area contributed by atoms with Gasteiger partial charge in [-0.25, -0.2) is 0 Å². The Bertz CT molecular complexity index is 1110. The molecule has 1 aliphatic heterocycles. The number of phenols is 1. The second kappa shape index (κ2) is 9.55. The quantitative estimate of drug-likeness (QED) is 0.581. The molecule has 1 fully saturated rings. The molecule has 164 valence electrons. The number of phenolic OH excluding ortho intramolecular Hbond substituents is 1. The average Bonchev–Trinajstić information content (AvgIpc) is 3.20. The minimum Gasteiger partial charge on any atom is -0.508 e. The molecule has 3 aromatic carbocycles. The first-order chi connectivity index (χ1) is 15.4. The van der Waals surface area contributed by atoms with Gasteiger partial charge in [-0.15, -0.1) is 0 Å². The van der Waals surface area contributed by atoms with Gasteiger partial charge in [0.25, 0.3) is 5.91 Å². The van der Waals surface area contributed by atoms with Crippen molar-refractivity contribution in [2.75, 3.05) is 6.54 Å². The smallest absolute Gasteiger partial charge is 0.254 e. The van der Waals surface area contributed by atoms with Crippen LogP contribution >= 0.6 is 11.6 Å². The standard InChI is InChI=1S/C26H24ClNO4/c27-21-9-4-17(5-10-21)6-13-25(31)24-15-23(30)16-28(24)26(32)20-3-1-2-19(14-20)18-7-11-22(29)12-8-18/h1-5,7-12,14,23-24,29-30H,6,13,15-16H2/t23-,24+/m1/s1. The van der Waals surface area contributed by atoms with Crippen molar-refractivity contribution in [1.82, 2.24) is 4.90 Å². The fourth-order valence-corrected chi connectivity index (χ4v) is 4.21. The van der Waals surface area contributed by atoms with Gasteiger partial charge in [-0.05, 0) is 59.5 Å². The molecular formula is C26H24ClNO4. The van der Waals surface area contributed by atoms with E-state index in [4.69, 9.17) is 11.6 Å². The molecule has 3 aromatic rings. The molecule has 5 nitrogen and oxygen atoms in total. The average molecular weight is 450 g/mol. The number of aliphatic hydroxyl groups excluding tert-OH is 1. The van der Waals surface area contributed by atoms with E-state index in [1.54, 1.807) is 54.6 Å². The summed E-state index contributed by atoms with van der Waals surface area (Å²) in [4.78, 5) is 27.7. The van der Waals surface area contributed by atoms with Crippen molar-refractivity contribution in [2.24, 2.45) is 0 Å². The van der Waals surface area contributed by atoms with Gasteiger partial charge in [0.1, 0.15) is 5.75 Å². The zero-order chi connectivity index (χ0) is 22.7. The number of carbonyl (C=O) groups excluding carboxylic acids is 2. The number of benzene rings is 3. The van der Waals surface area contributed by atoms with Gasteiger partial charge in [0.05, 0.1) is 12.1 Å². The molecule has 1 heterocycles. The van der Waals surface area contributed by atoms with Crippen molar-refractivity contribution < 1.29 is 19.8 Å². The fourth-order valence-electron chi connectivity index (χ4n) is 4.08. The summed E-state index contributed by atoms with van der Waals surface area (Å²) in [7, 11) is 0. The first kappa shape index (κ1) is 22.1. The van der Waals surface area contributed by atoms with Crippen molar-refractivity contribution in [2.45, 2.75) is 31.4 Å². The van der Waals surface area contributed by atoms with E-state index in [9.17, 15) is 19.8 Å². The van der Waals surface area contributed by atoms with Crippen LogP contribution < -0.4 is 0 Å². The molecule has 2 N–H and O–H groups in total. The fraction of sp³-hybridized carbons (Fsp3) is 0.231. The van der Waals surface area contributed by atoms with Crippen LogP contribution in [0.4, 0.5) is 0 Å². The van der Waals surface area contributed by atoms with E-state index in [-0.39, 0.29) is 36.8 Å².